The number of ether oxygens (including phenoxy) is 3. The summed E-state index contributed by atoms with van der Waals surface area (Å²) in [6, 6.07) is 17.7. The van der Waals surface area contributed by atoms with Gasteiger partial charge in [0.1, 0.15) is 17.2 Å². The molecule has 0 fully saturated rings. The summed E-state index contributed by atoms with van der Waals surface area (Å²) >= 11 is 12.0. The lowest BCUT2D eigenvalue weighted by Gasteiger charge is -2.15. The fraction of sp³-hybridized carbons (Fsp3) is 0.259. The number of hydrogen-bond donors (Lipinski definition) is 1. The van der Waals surface area contributed by atoms with Crippen molar-refractivity contribution >= 4 is 35.1 Å². The van der Waals surface area contributed by atoms with Crippen LogP contribution in [-0.2, 0) is 22.5 Å². The lowest BCUT2D eigenvalue weighted by atomic mass is 9.95. The van der Waals surface area contributed by atoms with Crippen LogP contribution in [0.4, 0.5) is 0 Å². The fourth-order valence-corrected chi connectivity index (χ4v) is 3.82. The van der Waals surface area contributed by atoms with Gasteiger partial charge < -0.3 is 19.5 Å². The van der Waals surface area contributed by atoms with Crippen LogP contribution in [0, 0.1) is 5.92 Å². The van der Waals surface area contributed by atoms with E-state index in [1.807, 2.05) is 37.3 Å². The average Bonchev–Trinajstić information content (AvgIpc) is 2.88. The molecule has 35 heavy (non-hydrogen) atoms. The second-order valence-corrected chi connectivity index (χ2v) is 8.69. The standard InChI is InChI=1S/C27H27Cl2NO5/c1-4-19(27(32)34-3)13-18-7-12-25(33-2)22(14-18)26(31)30-16-17-5-8-20(9-6-17)35-21-10-11-23(28)24(29)15-21/h5-12,14-15,19H,4,13,16H2,1-3H3,(H,30,31)/t19-/m0/s1. The summed E-state index contributed by atoms with van der Waals surface area (Å²) in [7, 11) is 2.89. The Morgan fingerprint density at radius 1 is 0.886 bits per heavy atom. The minimum absolute atomic E-state index is 0.263. The van der Waals surface area contributed by atoms with Gasteiger partial charge in [0.05, 0.1) is 35.7 Å². The maximum absolute atomic E-state index is 12.9. The first kappa shape index (κ1) is 26.4. The SMILES string of the molecule is CC[C@@H](Cc1ccc(OC)c(C(=O)NCc2ccc(Oc3ccc(Cl)c(Cl)c3)cc2)c1)C(=O)OC. The molecule has 0 saturated carbocycles. The highest BCUT2D eigenvalue weighted by Crippen LogP contribution is 2.29. The average molecular weight is 516 g/mol. The zero-order valence-corrected chi connectivity index (χ0v) is 21.3. The number of methoxy groups -OCH3 is 2. The molecule has 0 aliphatic carbocycles. The molecule has 8 heteroatoms. The highest BCUT2D eigenvalue weighted by molar-refractivity contribution is 6.42. The van der Waals surface area contributed by atoms with E-state index in [9.17, 15) is 9.59 Å². The molecule has 0 unspecified atom stereocenters. The molecule has 0 heterocycles. The van der Waals surface area contributed by atoms with Crippen LogP contribution < -0.4 is 14.8 Å². The molecule has 6 nitrogen and oxygen atoms in total. The molecule has 0 bridgehead atoms. The number of nitrogens with one attached hydrogen (secondary N) is 1. The van der Waals surface area contributed by atoms with Gasteiger partial charge >= 0.3 is 5.97 Å². The second-order valence-electron chi connectivity index (χ2n) is 7.87. The highest BCUT2D eigenvalue weighted by atomic mass is 35.5. The van der Waals surface area contributed by atoms with Crippen LogP contribution >= 0.6 is 23.2 Å². The van der Waals surface area contributed by atoms with E-state index in [0.717, 1.165) is 11.1 Å². The first-order chi connectivity index (χ1) is 16.8. The van der Waals surface area contributed by atoms with Crippen LogP contribution in [-0.4, -0.2) is 26.1 Å². The van der Waals surface area contributed by atoms with Crippen molar-refractivity contribution in [2.45, 2.75) is 26.3 Å². The molecule has 0 aliphatic heterocycles. The van der Waals surface area contributed by atoms with Gasteiger partial charge in [-0.05, 0) is 60.4 Å². The fourth-order valence-electron chi connectivity index (χ4n) is 3.53. The van der Waals surface area contributed by atoms with Crippen LogP contribution in [0.15, 0.2) is 60.7 Å². The molecule has 0 spiro atoms. The molecular formula is C27H27Cl2NO5. The van der Waals surface area contributed by atoms with Crippen molar-refractivity contribution in [2.24, 2.45) is 5.92 Å². The van der Waals surface area contributed by atoms with Crippen molar-refractivity contribution in [1.82, 2.24) is 5.32 Å². The Labute approximate surface area is 215 Å². The van der Waals surface area contributed by atoms with Crippen molar-refractivity contribution in [3.05, 3.63) is 87.4 Å². The smallest absolute Gasteiger partial charge is 0.308 e. The maximum atomic E-state index is 12.9. The summed E-state index contributed by atoms with van der Waals surface area (Å²) in [6.07, 6.45) is 1.12. The predicted octanol–water partition coefficient (Wildman–Crippen LogP) is 6.47. The normalized spacial score (nSPS) is 11.5. The first-order valence-electron chi connectivity index (χ1n) is 11.1. The third-order valence-electron chi connectivity index (χ3n) is 5.52. The number of esters is 1. The van der Waals surface area contributed by atoms with E-state index in [1.54, 1.807) is 30.3 Å². The summed E-state index contributed by atoms with van der Waals surface area (Å²) in [5.41, 5.74) is 2.16. The van der Waals surface area contributed by atoms with E-state index in [4.69, 9.17) is 37.4 Å². The second kappa shape index (κ2) is 12.5. The Kier molecular flexibility index (Phi) is 9.40. The van der Waals surface area contributed by atoms with Crippen LogP contribution in [0.1, 0.15) is 34.8 Å². The molecule has 1 N–H and O–H groups in total. The van der Waals surface area contributed by atoms with E-state index in [0.29, 0.717) is 52.2 Å². The summed E-state index contributed by atoms with van der Waals surface area (Å²) in [4.78, 5) is 24.9. The molecule has 1 atom stereocenters. The topological polar surface area (TPSA) is 73.9 Å². The number of carbonyl (C=O) groups excluding carboxylic acids is 2. The van der Waals surface area contributed by atoms with E-state index < -0.39 is 0 Å². The lowest BCUT2D eigenvalue weighted by Crippen LogP contribution is -2.24. The molecule has 0 aromatic heterocycles. The van der Waals surface area contributed by atoms with Crippen LogP contribution in [0.5, 0.6) is 17.2 Å². The largest absolute Gasteiger partial charge is 0.496 e. The van der Waals surface area contributed by atoms with Gasteiger partial charge in [-0.1, -0.05) is 48.3 Å². The Hall–Kier alpha value is -3.22. The van der Waals surface area contributed by atoms with E-state index in [-0.39, 0.29) is 17.8 Å². The van der Waals surface area contributed by atoms with Crippen LogP contribution in [0.2, 0.25) is 10.0 Å². The molecule has 0 aliphatic rings. The van der Waals surface area contributed by atoms with Gasteiger partial charge in [0.15, 0.2) is 0 Å². The van der Waals surface area contributed by atoms with Crippen molar-refractivity contribution in [3.63, 3.8) is 0 Å². The minimum Gasteiger partial charge on any atom is -0.496 e. The van der Waals surface area contributed by atoms with Gasteiger partial charge in [-0.2, -0.15) is 0 Å². The molecule has 3 rings (SSSR count). The van der Waals surface area contributed by atoms with Gasteiger partial charge in [-0.25, -0.2) is 0 Å². The highest BCUT2D eigenvalue weighted by Gasteiger charge is 2.20. The van der Waals surface area contributed by atoms with Gasteiger partial charge in [0, 0.05) is 12.6 Å². The Morgan fingerprint density at radius 2 is 1.57 bits per heavy atom. The number of benzene rings is 3. The zero-order valence-electron chi connectivity index (χ0n) is 19.8. The Bertz CT molecular complexity index is 1180. The van der Waals surface area contributed by atoms with Gasteiger partial charge in [-0.15, -0.1) is 0 Å². The number of hydrogen-bond acceptors (Lipinski definition) is 5. The Morgan fingerprint density at radius 3 is 2.20 bits per heavy atom. The summed E-state index contributed by atoms with van der Waals surface area (Å²) in [5.74, 6) is 0.859. The van der Waals surface area contributed by atoms with Crippen molar-refractivity contribution in [1.29, 1.82) is 0 Å². The van der Waals surface area contributed by atoms with E-state index in [1.165, 1.54) is 14.2 Å². The molecule has 0 saturated heterocycles. The molecule has 3 aromatic rings. The van der Waals surface area contributed by atoms with E-state index in [2.05, 4.69) is 5.32 Å². The molecule has 1 amide bonds. The number of amides is 1. The third kappa shape index (κ3) is 7.13. The summed E-state index contributed by atoms with van der Waals surface area (Å²) in [5, 5.41) is 3.79. The number of halogens is 2. The van der Waals surface area contributed by atoms with Gasteiger partial charge in [0.25, 0.3) is 5.91 Å². The lowest BCUT2D eigenvalue weighted by molar-refractivity contribution is -0.145. The van der Waals surface area contributed by atoms with Crippen molar-refractivity contribution < 1.29 is 23.8 Å². The third-order valence-corrected chi connectivity index (χ3v) is 6.26. The first-order valence-corrected chi connectivity index (χ1v) is 11.8. The zero-order chi connectivity index (χ0) is 25.4. The summed E-state index contributed by atoms with van der Waals surface area (Å²) < 4.78 is 16.0. The van der Waals surface area contributed by atoms with Gasteiger partial charge in [0.2, 0.25) is 0 Å². The van der Waals surface area contributed by atoms with E-state index >= 15 is 0 Å². The van der Waals surface area contributed by atoms with Crippen LogP contribution in [0.25, 0.3) is 0 Å². The maximum Gasteiger partial charge on any atom is 0.308 e. The summed E-state index contributed by atoms with van der Waals surface area (Å²) in [6.45, 7) is 2.25. The molecule has 184 valence electrons. The monoisotopic (exact) mass is 515 g/mol. The molecule has 0 radical (unpaired) electrons. The number of rotatable bonds is 10. The van der Waals surface area contributed by atoms with Crippen molar-refractivity contribution in [3.8, 4) is 17.2 Å². The molecule has 3 aromatic carbocycles. The van der Waals surface area contributed by atoms with Crippen molar-refractivity contribution in [2.75, 3.05) is 14.2 Å². The number of carbonyl (C=O) groups is 2. The predicted molar refractivity (Wildman–Crippen MR) is 137 cm³/mol. The van der Waals surface area contributed by atoms with Gasteiger partial charge in [-0.3, -0.25) is 9.59 Å². The van der Waals surface area contributed by atoms with Crippen LogP contribution in [0.3, 0.4) is 0 Å². The molecular weight excluding hydrogens is 489 g/mol. The quantitative estimate of drug-likeness (QED) is 0.313. The Balaban J connectivity index is 1.64. The minimum atomic E-state index is -0.272.